The van der Waals surface area contributed by atoms with E-state index in [1.54, 1.807) is 41.3 Å². The van der Waals surface area contributed by atoms with Crippen LogP contribution >= 0.6 is 0 Å². The van der Waals surface area contributed by atoms with E-state index >= 15 is 0 Å². The molecule has 190 valence electrons. The molecule has 0 saturated carbocycles. The molecular weight excluding hydrogens is 471 g/mol. The highest BCUT2D eigenvalue weighted by Crippen LogP contribution is 2.25. The number of amides is 2. The summed E-state index contributed by atoms with van der Waals surface area (Å²) in [7, 11) is 0. The molecule has 1 saturated heterocycles. The number of nitrogens with zero attached hydrogens (tertiary/aromatic N) is 3. The minimum Gasteiger partial charge on any atom is -0.369 e. The van der Waals surface area contributed by atoms with E-state index in [-0.39, 0.29) is 17.3 Å². The van der Waals surface area contributed by atoms with Crippen molar-refractivity contribution < 1.29 is 14.0 Å². The number of aromatic nitrogens is 1. The number of hydrogen-bond acceptors (Lipinski definition) is 6. The van der Waals surface area contributed by atoms with E-state index in [4.69, 9.17) is 5.73 Å². The molecule has 4 N–H and O–H groups in total. The van der Waals surface area contributed by atoms with Gasteiger partial charge in [-0.1, -0.05) is 30.3 Å². The van der Waals surface area contributed by atoms with Crippen molar-refractivity contribution in [2.45, 2.75) is 25.3 Å². The van der Waals surface area contributed by atoms with Crippen LogP contribution in [-0.4, -0.2) is 53.9 Å². The summed E-state index contributed by atoms with van der Waals surface area (Å²) in [6, 6.07) is 18.3. The molecule has 1 atom stereocenters. The van der Waals surface area contributed by atoms with Crippen LogP contribution in [-0.2, 0) is 11.2 Å². The van der Waals surface area contributed by atoms with Crippen LogP contribution in [0.2, 0.25) is 0 Å². The normalized spacial score (nSPS) is 15.2. The molecule has 1 aliphatic heterocycles. The van der Waals surface area contributed by atoms with Crippen molar-refractivity contribution in [1.29, 1.82) is 5.26 Å². The van der Waals surface area contributed by atoms with Gasteiger partial charge in [0.05, 0.1) is 22.9 Å². The van der Waals surface area contributed by atoms with Crippen LogP contribution in [0.4, 0.5) is 10.2 Å². The van der Waals surface area contributed by atoms with E-state index < -0.39 is 11.9 Å². The van der Waals surface area contributed by atoms with Crippen LogP contribution in [0, 0.1) is 17.1 Å². The van der Waals surface area contributed by atoms with E-state index in [9.17, 15) is 19.2 Å². The maximum absolute atomic E-state index is 13.6. The maximum atomic E-state index is 13.6. The number of anilines is 1. The lowest BCUT2D eigenvalue weighted by molar-refractivity contribution is -0.135. The minimum atomic E-state index is -0.632. The fourth-order valence-corrected chi connectivity index (χ4v) is 4.44. The summed E-state index contributed by atoms with van der Waals surface area (Å²) in [5.74, 6) is -0.556. The number of halogens is 1. The summed E-state index contributed by atoms with van der Waals surface area (Å²) in [5, 5.41) is 15.6. The van der Waals surface area contributed by atoms with Gasteiger partial charge in [0.1, 0.15) is 17.7 Å². The summed E-state index contributed by atoms with van der Waals surface area (Å²) in [6.07, 6.45) is 1.83. The van der Waals surface area contributed by atoms with Gasteiger partial charge in [0.15, 0.2) is 0 Å². The SMILES string of the molecule is N#Cc1ccccc1-c1ccc(C(=O)NC2CCCN(CCN)C2=O)c(NCCc2cccc(F)c2)n1. The van der Waals surface area contributed by atoms with Gasteiger partial charge in [-0.3, -0.25) is 9.59 Å². The Balaban J connectivity index is 1.59. The zero-order chi connectivity index (χ0) is 26.2. The molecule has 1 fully saturated rings. The van der Waals surface area contributed by atoms with Crippen LogP contribution in [0.3, 0.4) is 0 Å². The molecule has 3 aromatic rings. The second-order valence-corrected chi connectivity index (χ2v) is 8.84. The second-order valence-electron chi connectivity index (χ2n) is 8.84. The Labute approximate surface area is 215 Å². The number of carbonyl (C=O) groups excluding carboxylic acids is 2. The Morgan fingerprint density at radius 1 is 1.19 bits per heavy atom. The molecule has 0 bridgehead atoms. The zero-order valence-electron chi connectivity index (χ0n) is 20.4. The number of nitrogens with one attached hydrogen (secondary N) is 2. The van der Waals surface area contributed by atoms with E-state index in [1.807, 2.05) is 12.1 Å². The first-order valence-electron chi connectivity index (χ1n) is 12.3. The van der Waals surface area contributed by atoms with Crippen LogP contribution < -0.4 is 16.4 Å². The van der Waals surface area contributed by atoms with Gasteiger partial charge in [-0.05, 0) is 55.2 Å². The van der Waals surface area contributed by atoms with Crippen LogP contribution in [0.25, 0.3) is 11.3 Å². The van der Waals surface area contributed by atoms with Gasteiger partial charge >= 0.3 is 0 Å². The van der Waals surface area contributed by atoms with Gasteiger partial charge in [0.25, 0.3) is 5.91 Å². The van der Waals surface area contributed by atoms with E-state index in [1.165, 1.54) is 12.1 Å². The average molecular weight is 501 g/mol. The molecule has 9 heteroatoms. The molecule has 2 amide bonds. The average Bonchev–Trinajstić information content (AvgIpc) is 2.91. The highest BCUT2D eigenvalue weighted by molar-refractivity contribution is 6.01. The summed E-state index contributed by atoms with van der Waals surface area (Å²) >= 11 is 0. The molecule has 1 unspecified atom stereocenters. The lowest BCUT2D eigenvalue weighted by atomic mass is 10.0. The van der Waals surface area contributed by atoms with Crippen LogP contribution in [0.1, 0.15) is 34.3 Å². The van der Waals surface area contributed by atoms with Gasteiger partial charge in [-0.15, -0.1) is 0 Å². The Hall–Kier alpha value is -4.29. The molecule has 0 aliphatic carbocycles. The third-order valence-corrected chi connectivity index (χ3v) is 6.29. The quantitative estimate of drug-likeness (QED) is 0.415. The number of benzene rings is 2. The summed E-state index contributed by atoms with van der Waals surface area (Å²) < 4.78 is 13.6. The van der Waals surface area contributed by atoms with Gasteiger partial charge < -0.3 is 21.3 Å². The predicted molar refractivity (Wildman–Crippen MR) is 139 cm³/mol. The molecule has 1 aromatic heterocycles. The van der Waals surface area contributed by atoms with Crippen molar-refractivity contribution in [2.24, 2.45) is 5.73 Å². The Kier molecular flexibility index (Phi) is 8.44. The van der Waals surface area contributed by atoms with Gasteiger partial charge in [0.2, 0.25) is 5.91 Å². The van der Waals surface area contributed by atoms with E-state index in [0.29, 0.717) is 61.7 Å². The largest absolute Gasteiger partial charge is 0.369 e. The van der Waals surface area contributed by atoms with Crippen molar-refractivity contribution >= 4 is 17.6 Å². The first-order chi connectivity index (χ1) is 18.0. The van der Waals surface area contributed by atoms with Crippen molar-refractivity contribution in [3.8, 4) is 17.3 Å². The Morgan fingerprint density at radius 3 is 2.81 bits per heavy atom. The van der Waals surface area contributed by atoms with Gasteiger partial charge in [-0.2, -0.15) is 5.26 Å². The first-order valence-corrected chi connectivity index (χ1v) is 12.3. The number of nitriles is 1. The van der Waals surface area contributed by atoms with Gasteiger partial charge in [0, 0.05) is 31.7 Å². The molecule has 0 radical (unpaired) electrons. The predicted octanol–water partition coefficient (Wildman–Crippen LogP) is 3.09. The summed E-state index contributed by atoms with van der Waals surface area (Å²) in [6.45, 7) is 1.84. The molecular formula is C28H29FN6O2. The highest BCUT2D eigenvalue weighted by Gasteiger charge is 2.30. The van der Waals surface area contributed by atoms with Crippen LogP contribution in [0.15, 0.2) is 60.7 Å². The topological polar surface area (TPSA) is 124 Å². The lowest BCUT2D eigenvalue weighted by Gasteiger charge is -2.32. The Morgan fingerprint density at radius 2 is 2.03 bits per heavy atom. The number of carbonyl (C=O) groups is 2. The summed E-state index contributed by atoms with van der Waals surface area (Å²) in [5.41, 5.74) is 8.34. The summed E-state index contributed by atoms with van der Waals surface area (Å²) in [4.78, 5) is 32.4. The molecule has 2 aromatic carbocycles. The standard InChI is InChI=1S/C28H29FN6O2/c29-21-7-3-5-19(17-21)12-14-32-26-23(10-11-24(33-26)22-8-2-1-6-20(22)18-31)27(36)34-25-9-4-15-35(16-13-30)28(25)37/h1-3,5-8,10-11,17,25H,4,9,12-16,30H2,(H,32,33)(H,34,36). The highest BCUT2D eigenvalue weighted by atomic mass is 19.1. The number of piperidine rings is 1. The minimum absolute atomic E-state index is 0.141. The number of pyridine rings is 1. The smallest absolute Gasteiger partial charge is 0.255 e. The fraction of sp³-hybridized carbons (Fsp3) is 0.286. The third kappa shape index (κ3) is 6.29. The third-order valence-electron chi connectivity index (χ3n) is 6.29. The van der Waals surface area contributed by atoms with Crippen molar-refractivity contribution in [3.05, 3.63) is 83.2 Å². The molecule has 0 spiro atoms. The van der Waals surface area contributed by atoms with Crippen molar-refractivity contribution in [2.75, 3.05) is 31.5 Å². The molecule has 4 rings (SSSR count). The van der Waals surface area contributed by atoms with Crippen molar-refractivity contribution in [3.63, 3.8) is 0 Å². The second kappa shape index (κ2) is 12.1. The number of hydrogen-bond donors (Lipinski definition) is 3. The number of likely N-dealkylation sites (tertiary alicyclic amines) is 1. The molecule has 8 nitrogen and oxygen atoms in total. The van der Waals surface area contributed by atoms with E-state index in [2.05, 4.69) is 21.7 Å². The van der Waals surface area contributed by atoms with Crippen molar-refractivity contribution in [1.82, 2.24) is 15.2 Å². The number of rotatable bonds is 9. The molecule has 1 aliphatic rings. The monoisotopic (exact) mass is 500 g/mol. The van der Waals surface area contributed by atoms with E-state index in [0.717, 1.165) is 12.0 Å². The maximum Gasteiger partial charge on any atom is 0.255 e. The van der Waals surface area contributed by atoms with Crippen LogP contribution in [0.5, 0.6) is 0 Å². The molecule has 37 heavy (non-hydrogen) atoms. The Bertz CT molecular complexity index is 1320. The molecule has 2 heterocycles. The van der Waals surface area contributed by atoms with Gasteiger partial charge in [-0.25, -0.2) is 9.37 Å². The lowest BCUT2D eigenvalue weighted by Crippen LogP contribution is -2.53. The zero-order valence-corrected chi connectivity index (χ0v) is 20.4. The number of nitrogens with two attached hydrogens (primary N) is 1. The first kappa shape index (κ1) is 25.8. The fourth-order valence-electron chi connectivity index (χ4n) is 4.44.